The average Bonchev–Trinajstić information content (AvgIpc) is 2.44. The summed E-state index contributed by atoms with van der Waals surface area (Å²) >= 11 is 0. The molecule has 0 aromatic carbocycles. The molecule has 0 amide bonds. The predicted molar refractivity (Wildman–Crippen MR) is 69.3 cm³/mol. The van der Waals surface area contributed by atoms with Crippen LogP contribution in [0.25, 0.3) is 0 Å². The summed E-state index contributed by atoms with van der Waals surface area (Å²) in [6.07, 6.45) is -0.185. The molecule has 0 aromatic heterocycles. The van der Waals surface area contributed by atoms with Gasteiger partial charge in [0, 0.05) is 35.5 Å². The van der Waals surface area contributed by atoms with Gasteiger partial charge in [-0.15, -0.1) is 0 Å². The van der Waals surface area contributed by atoms with E-state index >= 15 is 0 Å². The molecule has 0 aliphatic heterocycles. The van der Waals surface area contributed by atoms with Crippen molar-refractivity contribution in [3.63, 3.8) is 0 Å². The van der Waals surface area contributed by atoms with Crippen molar-refractivity contribution in [2.24, 2.45) is 0 Å². The summed E-state index contributed by atoms with van der Waals surface area (Å²) in [5.74, 6) is 0. The van der Waals surface area contributed by atoms with Crippen molar-refractivity contribution < 1.29 is 32.0 Å². The fourth-order valence-corrected chi connectivity index (χ4v) is 8.44. The molecule has 0 bridgehead atoms. The fourth-order valence-electron chi connectivity index (χ4n) is 1.42. The normalized spacial score (nSPS) is 13.0. The lowest BCUT2D eigenvalue weighted by Gasteiger charge is -2.33. The third kappa shape index (κ3) is 5.03. The average molecular weight is 300 g/mol. The highest BCUT2D eigenvalue weighted by atomic mass is 28.4. The molecule has 0 heterocycles. The third-order valence-electron chi connectivity index (χ3n) is 2.70. The van der Waals surface area contributed by atoms with E-state index in [9.17, 15) is 5.11 Å². The van der Waals surface area contributed by atoms with Gasteiger partial charge in [0.1, 0.15) is 0 Å². The minimum Gasteiger partial charge on any atom is -0.396 e. The Balaban J connectivity index is 4.75. The molecule has 0 rings (SSSR count). The van der Waals surface area contributed by atoms with Gasteiger partial charge in [-0.25, -0.2) is 0 Å². The Morgan fingerprint density at radius 2 is 1.39 bits per heavy atom. The minimum atomic E-state index is -2.91. The lowest BCUT2D eigenvalue weighted by molar-refractivity contribution is 0.0656. The molecule has 0 aromatic rings. The van der Waals surface area contributed by atoms with Crippen LogP contribution in [0.15, 0.2) is 0 Å². The molecule has 0 aliphatic carbocycles. The second kappa shape index (κ2) is 9.12. The van der Waals surface area contributed by atoms with Gasteiger partial charge in [-0.2, -0.15) is 0 Å². The molecule has 9 heteroatoms. The summed E-state index contributed by atoms with van der Waals surface area (Å²) < 4.78 is 32.0. The van der Waals surface area contributed by atoms with Crippen LogP contribution in [0, 0.1) is 0 Å². The van der Waals surface area contributed by atoms with Gasteiger partial charge in [-0.1, -0.05) is 0 Å². The van der Waals surface area contributed by atoms with Crippen LogP contribution in [-0.4, -0.2) is 77.5 Å². The predicted octanol–water partition coefficient (Wildman–Crippen LogP) is -0.313. The Labute approximate surface area is 111 Å². The van der Waals surface area contributed by atoms with Gasteiger partial charge in [0.2, 0.25) is 0 Å². The molecule has 0 aliphatic rings. The first kappa shape index (κ1) is 18.2. The van der Waals surface area contributed by atoms with E-state index in [1.54, 1.807) is 7.11 Å². The molecular weight excluding hydrogens is 276 g/mol. The maximum Gasteiger partial charge on any atom is 0.502 e. The number of rotatable bonds is 11. The van der Waals surface area contributed by atoms with E-state index in [4.69, 9.17) is 26.9 Å². The first-order chi connectivity index (χ1) is 8.57. The molecule has 0 fully saturated rings. The van der Waals surface area contributed by atoms with Crippen LogP contribution in [0.4, 0.5) is 0 Å². The first-order valence-corrected chi connectivity index (χ1v) is 9.68. The van der Waals surface area contributed by atoms with Crippen molar-refractivity contribution in [3.05, 3.63) is 0 Å². The van der Waals surface area contributed by atoms with Crippen LogP contribution in [-0.2, 0) is 26.9 Å². The quantitative estimate of drug-likeness (QED) is 0.414. The summed E-state index contributed by atoms with van der Waals surface area (Å²) in [7, 11) is 1.97. The SMILES string of the molecule is COCCO[Si](C[Si](CO)(OC)OC)(OC)OC. The van der Waals surface area contributed by atoms with Crippen molar-refractivity contribution >= 4 is 17.4 Å². The van der Waals surface area contributed by atoms with Crippen LogP contribution >= 0.6 is 0 Å². The third-order valence-corrected chi connectivity index (χ3v) is 10.4. The molecule has 110 valence electrons. The zero-order chi connectivity index (χ0) is 14.1. The highest BCUT2D eigenvalue weighted by molar-refractivity contribution is 6.83. The molecule has 7 nitrogen and oxygen atoms in total. The molecule has 18 heavy (non-hydrogen) atoms. The largest absolute Gasteiger partial charge is 0.502 e. The number of hydrogen-bond acceptors (Lipinski definition) is 7. The molecule has 0 unspecified atom stereocenters. The number of aliphatic hydroxyl groups is 1. The molecular formula is C9H24O7Si2. The Morgan fingerprint density at radius 1 is 0.833 bits per heavy atom. The van der Waals surface area contributed by atoms with E-state index in [1.807, 2.05) is 0 Å². The van der Waals surface area contributed by atoms with Crippen LogP contribution in [0.2, 0.25) is 5.67 Å². The monoisotopic (exact) mass is 300 g/mol. The lowest BCUT2D eigenvalue weighted by atomic mass is 10.8. The Morgan fingerprint density at radius 3 is 1.72 bits per heavy atom. The van der Waals surface area contributed by atoms with Crippen molar-refractivity contribution in [2.75, 3.05) is 55.0 Å². The zero-order valence-corrected chi connectivity index (χ0v) is 13.7. The van der Waals surface area contributed by atoms with Crippen molar-refractivity contribution in [1.82, 2.24) is 0 Å². The van der Waals surface area contributed by atoms with Crippen LogP contribution in [0.3, 0.4) is 0 Å². The maximum absolute atomic E-state index is 9.45. The molecule has 0 saturated heterocycles. The van der Waals surface area contributed by atoms with Crippen LogP contribution in [0.5, 0.6) is 0 Å². The number of ether oxygens (including phenoxy) is 1. The van der Waals surface area contributed by atoms with Crippen LogP contribution in [0.1, 0.15) is 0 Å². The second-order valence-corrected chi connectivity index (χ2v) is 10.4. The van der Waals surface area contributed by atoms with Crippen molar-refractivity contribution in [1.29, 1.82) is 0 Å². The molecule has 0 spiro atoms. The highest BCUT2D eigenvalue weighted by Gasteiger charge is 2.52. The molecule has 0 radical (unpaired) electrons. The van der Waals surface area contributed by atoms with Gasteiger partial charge in [0.05, 0.1) is 25.1 Å². The topological polar surface area (TPSA) is 75.6 Å². The van der Waals surface area contributed by atoms with Crippen molar-refractivity contribution in [2.45, 2.75) is 5.67 Å². The summed E-state index contributed by atoms with van der Waals surface area (Å²) in [6.45, 7) is 0.794. The van der Waals surface area contributed by atoms with E-state index in [0.717, 1.165) is 0 Å². The van der Waals surface area contributed by atoms with Gasteiger partial charge >= 0.3 is 17.4 Å². The van der Waals surface area contributed by atoms with Gasteiger partial charge in [0.15, 0.2) is 0 Å². The smallest absolute Gasteiger partial charge is 0.396 e. The molecule has 0 saturated carbocycles. The van der Waals surface area contributed by atoms with E-state index in [0.29, 0.717) is 18.9 Å². The van der Waals surface area contributed by atoms with E-state index in [1.165, 1.54) is 28.4 Å². The van der Waals surface area contributed by atoms with Gasteiger partial charge < -0.3 is 32.0 Å². The lowest BCUT2D eigenvalue weighted by Crippen LogP contribution is -2.57. The Hall–Kier alpha value is 0.154. The Kier molecular flexibility index (Phi) is 9.20. The van der Waals surface area contributed by atoms with E-state index in [-0.39, 0.29) is 6.23 Å². The Bertz CT molecular complexity index is 201. The van der Waals surface area contributed by atoms with Crippen molar-refractivity contribution in [3.8, 4) is 0 Å². The summed E-state index contributed by atoms with van der Waals surface area (Å²) in [5.41, 5.74) is 0.320. The number of aliphatic hydroxyl groups excluding tert-OH is 1. The summed E-state index contributed by atoms with van der Waals surface area (Å²) in [5, 5.41) is 9.45. The van der Waals surface area contributed by atoms with Crippen LogP contribution < -0.4 is 0 Å². The highest BCUT2D eigenvalue weighted by Crippen LogP contribution is 2.23. The summed E-state index contributed by atoms with van der Waals surface area (Å²) in [6, 6.07) is 0. The zero-order valence-electron chi connectivity index (χ0n) is 11.7. The van der Waals surface area contributed by atoms with Gasteiger partial charge in [-0.05, 0) is 0 Å². The maximum atomic E-state index is 9.45. The minimum absolute atomic E-state index is 0.185. The van der Waals surface area contributed by atoms with Gasteiger partial charge in [-0.3, -0.25) is 0 Å². The molecule has 1 N–H and O–H groups in total. The number of hydrogen-bond donors (Lipinski definition) is 1. The standard InChI is InChI=1S/C9H24O7Si2/c1-11-6-7-16-18(14-4,15-5)9-17(8-10,12-2)13-3/h10H,6-9H2,1-5H3. The molecule has 0 atom stereocenters. The van der Waals surface area contributed by atoms with E-state index in [2.05, 4.69) is 0 Å². The van der Waals surface area contributed by atoms with E-state index < -0.39 is 17.4 Å². The summed E-state index contributed by atoms with van der Waals surface area (Å²) in [4.78, 5) is 0. The van der Waals surface area contributed by atoms with Gasteiger partial charge in [0.25, 0.3) is 0 Å². The fraction of sp³-hybridized carbons (Fsp3) is 1.00. The first-order valence-electron chi connectivity index (χ1n) is 5.52. The number of methoxy groups -OCH3 is 1. The second-order valence-electron chi connectivity index (χ2n) is 3.59.